The van der Waals surface area contributed by atoms with Crippen LogP contribution in [0.3, 0.4) is 0 Å². The third-order valence-corrected chi connectivity index (χ3v) is 5.66. The highest BCUT2D eigenvalue weighted by Gasteiger charge is 2.15. The van der Waals surface area contributed by atoms with Crippen molar-refractivity contribution in [3.05, 3.63) is 94.7 Å². The molecule has 1 amide bonds. The van der Waals surface area contributed by atoms with Crippen molar-refractivity contribution >= 4 is 22.9 Å². The van der Waals surface area contributed by atoms with Gasteiger partial charge in [-0.2, -0.15) is 0 Å². The van der Waals surface area contributed by atoms with Gasteiger partial charge in [0.2, 0.25) is 0 Å². The number of methoxy groups -OCH3 is 1. The molecule has 0 radical (unpaired) electrons. The predicted octanol–water partition coefficient (Wildman–Crippen LogP) is 6.10. The maximum atomic E-state index is 13.8. The molecule has 0 bridgehead atoms. The molecule has 0 aliphatic carbocycles. The van der Waals surface area contributed by atoms with Gasteiger partial charge in [0, 0.05) is 22.2 Å². The zero-order valence-electron chi connectivity index (χ0n) is 17.6. The summed E-state index contributed by atoms with van der Waals surface area (Å²) >= 11 is 1.36. The van der Waals surface area contributed by atoms with Crippen LogP contribution in [0.25, 0.3) is 10.6 Å². The number of amides is 1. The average Bonchev–Trinajstić information content (AvgIpc) is 3.29. The van der Waals surface area contributed by atoms with Gasteiger partial charge in [0.1, 0.15) is 23.1 Å². The summed E-state index contributed by atoms with van der Waals surface area (Å²) < 4.78 is 25.0. The lowest BCUT2D eigenvalue weighted by Gasteiger charge is -2.12. The topological polar surface area (TPSA) is 60.5 Å². The fourth-order valence-electron chi connectivity index (χ4n) is 3.12. The van der Waals surface area contributed by atoms with Crippen molar-refractivity contribution in [1.82, 2.24) is 4.98 Å². The Morgan fingerprint density at radius 3 is 2.69 bits per heavy atom. The quantitative estimate of drug-likeness (QED) is 0.371. The summed E-state index contributed by atoms with van der Waals surface area (Å²) in [7, 11) is 1.54. The molecular formula is C25H21FN2O3S. The zero-order chi connectivity index (χ0) is 22.5. The van der Waals surface area contributed by atoms with Crippen LogP contribution < -0.4 is 14.8 Å². The molecule has 1 aromatic heterocycles. The summed E-state index contributed by atoms with van der Waals surface area (Å²) in [6, 6.07) is 19.4. The molecule has 0 atom stereocenters. The Morgan fingerprint density at radius 1 is 1.06 bits per heavy atom. The number of carbonyl (C=O) groups excluding carboxylic acids is 1. The Morgan fingerprint density at radius 2 is 1.91 bits per heavy atom. The number of hydrogen-bond acceptors (Lipinski definition) is 5. The number of nitrogens with zero attached hydrogens (tertiary/aromatic N) is 1. The maximum absolute atomic E-state index is 13.8. The van der Waals surface area contributed by atoms with E-state index in [-0.39, 0.29) is 18.3 Å². The molecule has 7 heteroatoms. The summed E-state index contributed by atoms with van der Waals surface area (Å²) in [6.45, 7) is 2.05. The SMILES string of the molecule is COc1cc(-c2nc(C(=O)Nc3cccc(C)c3)cs2)ccc1OCc1ccccc1F. The smallest absolute Gasteiger partial charge is 0.275 e. The summed E-state index contributed by atoms with van der Waals surface area (Å²) in [5, 5.41) is 5.26. The van der Waals surface area contributed by atoms with E-state index < -0.39 is 0 Å². The van der Waals surface area contributed by atoms with Crippen LogP contribution in [-0.2, 0) is 6.61 Å². The minimum Gasteiger partial charge on any atom is -0.493 e. The number of nitrogens with one attached hydrogen (secondary N) is 1. The molecule has 0 aliphatic rings. The molecule has 32 heavy (non-hydrogen) atoms. The van der Waals surface area contributed by atoms with Crippen molar-refractivity contribution in [1.29, 1.82) is 0 Å². The number of carbonyl (C=O) groups is 1. The van der Waals surface area contributed by atoms with Crippen LogP contribution in [0.1, 0.15) is 21.6 Å². The third-order valence-electron chi connectivity index (χ3n) is 4.76. The average molecular weight is 449 g/mol. The fraction of sp³-hybridized carbons (Fsp3) is 0.120. The number of rotatable bonds is 7. The van der Waals surface area contributed by atoms with Gasteiger partial charge in [0.25, 0.3) is 5.91 Å². The van der Waals surface area contributed by atoms with Gasteiger partial charge < -0.3 is 14.8 Å². The molecule has 1 N–H and O–H groups in total. The monoisotopic (exact) mass is 448 g/mol. The van der Waals surface area contributed by atoms with Crippen LogP contribution in [0.5, 0.6) is 11.5 Å². The minimum atomic E-state index is -0.317. The highest BCUT2D eigenvalue weighted by molar-refractivity contribution is 7.13. The molecule has 3 aromatic carbocycles. The van der Waals surface area contributed by atoms with Gasteiger partial charge >= 0.3 is 0 Å². The molecule has 0 saturated heterocycles. The van der Waals surface area contributed by atoms with Gasteiger partial charge in [-0.1, -0.05) is 30.3 Å². The van der Waals surface area contributed by atoms with Crippen molar-refractivity contribution < 1.29 is 18.7 Å². The van der Waals surface area contributed by atoms with E-state index in [4.69, 9.17) is 9.47 Å². The van der Waals surface area contributed by atoms with E-state index in [0.717, 1.165) is 16.8 Å². The largest absolute Gasteiger partial charge is 0.493 e. The molecule has 0 unspecified atom stereocenters. The Bertz CT molecular complexity index is 1260. The zero-order valence-corrected chi connectivity index (χ0v) is 18.4. The molecule has 1 heterocycles. The molecule has 0 spiro atoms. The predicted molar refractivity (Wildman–Crippen MR) is 124 cm³/mol. The van der Waals surface area contributed by atoms with Crippen LogP contribution in [0.4, 0.5) is 10.1 Å². The molecule has 5 nitrogen and oxygen atoms in total. The number of thiazole rings is 1. The Balaban J connectivity index is 1.48. The molecule has 0 fully saturated rings. The van der Waals surface area contributed by atoms with Crippen LogP contribution in [-0.4, -0.2) is 18.0 Å². The lowest BCUT2D eigenvalue weighted by Crippen LogP contribution is -2.12. The van der Waals surface area contributed by atoms with Crippen molar-refractivity contribution in [2.24, 2.45) is 0 Å². The van der Waals surface area contributed by atoms with E-state index in [1.54, 1.807) is 35.7 Å². The van der Waals surface area contributed by atoms with Gasteiger partial charge in [0.15, 0.2) is 11.5 Å². The first-order chi connectivity index (χ1) is 15.5. The second-order valence-electron chi connectivity index (χ2n) is 7.11. The Kier molecular flexibility index (Phi) is 6.47. The second-order valence-corrected chi connectivity index (χ2v) is 7.97. The molecule has 162 valence electrons. The number of aromatic nitrogens is 1. The van der Waals surface area contributed by atoms with E-state index in [1.807, 2.05) is 37.3 Å². The molecule has 0 saturated carbocycles. The summed E-state index contributed by atoms with van der Waals surface area (Å²) in [6.07, 6.45) is 0. The fourth-order valence-corrected chi connectivity index (χ4v) is 3.92. The molecule has 4 rings (SSSR count). The van der Waals surface area contributed by atoms with E-state index in [9.17, 15) is 9.18 Å². The van der Waals surface area contributed by atoms with Gasteiger partial charge in [-0.3, -0.25) is 4.79 Å². The Hall–Kier alpha value is -3.71. The van der Waals surface area contributed by atoms with Crippen LogP contribution >= 0.6 is 11.3 Å². The molecule has 4 aromatic rings. The number of anilines is 1. The second kappa shape index (κ2) is 9.62. The number of benzene rings is 3. The van der Waals surface area contributed by atoms with Crippen molar-refractivity contribution in [2.75, 3.05) is 12.4 Å². The van der Waals surface area contributed by atoms with Crippen molar-refractivity contribution in [3.8, 4) is 22.1 Å². The lowest BCUT2D eigenvalue weighted by molar-refractivity contribution is 0.102. The van der Waals surface area contributed by atoms with Gasteiger partial charge in [-0.15, -0.1) is 11.3 Å². The normalized spacial score (nSPS) is 10.6. The summed E-state index contributed by atoms with van der Waals surface area (Å²) in [4.78, 5) is 17.0. The van der Waals surface area contributed by atoms with Gasteiger partial charge in [0.05, 0.1) is 7.11 Å². The standard InChI is InChI=1S/C25H21FN2O3S/c1-16-6-5-8-19(12-16)27-24(29)21-15-32-25(28-21)17-10-11-22(23(13-17)30-2)31-14-18-7-3-4-9-20(18)26/h3-13,15H,14H2,1-2H3,(H,27,29). The third kappa shape index (κ3) is 4.95. The summed E-state index contributed by atoms with van der Waals surface area (Å²) in [5.74, 6) is 0.408. The minimum absolute atomic E-state index is 0.0862. The first-order valence-electron chi connectivity index (χ1n) is 9.91. The highest BCUT2D eigenvalue weighted by Crippen LogP contribution is 2.34. The lowest BCUT2D eigenvalue weighted by atomic mass is 10.2. The van der Waals surface area contributed by atoms with Crippen LogP contribution in [0, 0.1) is 12.7 Å². The summed E-state index contributed by atoms with van der Waals surface area (Å²) in [5.41, 5.74) is 3.38. The van der Waals surface area contributed by atoms with Crippen LogP contribution in [0.15, 0.2) is 72.1 Å². The first kappa shape index (κ1) is 21.5. The maximum Gasteiger partial charge on any atom is 0.275 e. The van der Waals surface area contributed by atoms with Gasteiger partial charge in [-0.05, 0) is 48.9 Å². The van der Waals surface area contributed by atoms with E-state index in [0.29, 0.717) is 27.8 Å². The number of hydrogen-bond donors (Lipinski definition) is 1. The van der Waals surface area contributed by atoms with Crippen molar-refractivity contribution in [2.45, 2.75) is 13.5 Å². The number of halogens is 1. The van der Waals surface area contributed by atoms with Crippen molar-refractivity contribution in [3.63, 3.8) is 0 Å². The van der Waals surface area contributed by atoms with E-state index in [1.165, 1.54) is 24.5 Å². The van der Waals surface area contributed by atoms with Crippen LogP contribution in [0.2, 0.25) is 0 Å². The Labute approximate surface area is 189 Å². The number of aryl methyl sites for hydroxylation is 1. The molecular weight excluding hydrogens is 427 g/mol. The van der Waals surface area contributed by atoms with Gasteiger partial charge in [-0.25, -0.2) is 9.37 Å². The highest BCUT2D eigenvalue weighted by atomic mass is 32.1. The van der Waals surface area contributed by atoms with E-state index >= 15 is 0 Å². The molecule has 0 aliphatic heterocycles. The first-order valence-corrected chi connectivity index (χ1v) is 10.8. The van der Waals surface area contributed by atoms with E-state index in [2.05, 4.69) is 10.3 Å². The number of ether oxygens (including phenoxy) is 2.